The van der Waals surface area contributed by atoms with E-state index in [1.165, 1.54) is 11.3 Å². The van der Waals surface area contributed by atoms with Gasteiger partial charge < -0.3 is 101 Å². The second kappa shape index (κ2) is 50.6. The fraction of sp³-hybridized carbons (Fsp3) is 0.423. The quantitative estimate of drug-likeness (QED) is 0.0515. The molecule has 4 aromatic carbocycles. The minimum absolute atomic E-state index is 0.00205. The Morgan fingerprint density at radius 3 is 1.41 bits per heavy atom. The number of aliphatic hydroxyl groups is 2. The molecule has 9 aromatic heterocycles. The van der Waals surface area contributed by atoms with Crippen LogP contribution in [0.15, 0.2) is 136 Å². The number of aryl methyl sites for hydroxylation is 2. The van der Waals surface area contributed by atoms with Crippen LogP contribution in [-0.2, 0) is 30.1 Å². The first-order chi connectivity index (χ1) is 57.8. The smallest absolute Gasteiger partial charge is 0.220 e. The van der Waals surface area contributed by atoms with Gasteiger partial charge in [-0.15, -0.1) is 22.7 Å². The molecule has 5 aliphatic heterocycles. The highest BCUT2D eigenvalue weighted by Crippen LogP contribution is 2.33. The van der Waals surface area contributed by atoms with Crippen LogP contribution in [0.25, 0.3) is 56.6 Å². The number of rotatable bonds is 20. The third-order valence-corrected chi connectivity index (χ3v) is 21.8. The van der Waals surface area contributed by atoms with E-state index in [1.54, 1.807) is 158 Å². The summed E-state index contributed by atoms with van der Waals surface area (Å²) in [5, 5.41) is 39.1. The number of aromatic hydroxyl groups is 1. The molecule has 40 heteroatoms. The molecule has 13 aromatic rings. The first kappa shape index (κ1) is 91.0. The Morgan fingerprint density at radius 2 is 0.949 bits per heavy atom. The SMILES string of the molecule is Brc1nccs1.C1COCCN1.COc1cnc(N2CCOCC2)s1.Cc1nc2ccc(O)cc2o1.Cc1nc2ccc(OCCF)cc2o1.FCCOc1ccc2nc(/C=C/c3cnc(N4CCOCC4)s3)oc2c1.OC(Cc1nc2ccc(OCCF)cc2o1)c1cnc(N2CCOCC2)s1.OCCF.c1csc(N2CCOCC2)n1. The van der Waals surface area contributed by atoms with E-state index in [-0.39, 0.29) is 38.6 Å². The van der Waals surface area contributed by atoms with Crippen molar-refractivity contribution in [3.05, 3.63) is 152 Å². The average molecular weight is 1800 g/mol. The van der Waals surface area contributed by atoms with Gasteiger partial charge in [-0.05, 0) is 70.5 Å². The van der Waals surface area contributed by atoms with E-state index >= 15 is 0 Å². The maximum Gasteiger partial charge on any atom is 0.220 e. The summed E-state index contributed by atoms with van der Waals surface area (Å²) in [6.45, 7) is 18.2. The number of nitrogens with one attached hydrogen (secondary N) is 1. The minimum Gasteiger partial charge on any atom is -0.508 e. The van der Waals surface area contributed by atoms with E-state index in [1.807, 2.05) is 35.3 Å². The molecular formula is C78H93BrF4N14O16S5. The highest BCUT2D eigenvalue weighted by Gasteiger charge is 2.22. The van der Waals surface area contributed by atoms with E-state index < -0.39 is 32.8 Å². The summed E-state index contributed by atoms with van der Waals surface area (Å²) in [7, 11) is 1.66. The molecular weight excluding hydrogens is 1710 g/mol. The summed E-state index contributed by atoms with van der Waals surface area (Å²) in [6, 6.07) is 20.5. The number of phenols is 1. The summed E-state index contributed by atoms with van der Waals surface area (Å²) >= 11 is 11.1. The normalized spacial score (nSPS) is 14.9. The number of ether oxygens (including phenoxy) is 9. The van der Waals surface area contributed by atoms with Crippen molar-refractivity contribution in [2.24, 2.45) is 0 Å². The highest BCUT2D eigenvalue weighted by atomic mass is 79.9. The largest absolute Gasteiger partial charge is 0.508 e. The van der Waals surface area contributed by atoms with Gasteiger partial charge in [-0.1, -0.05) is 34.0 Å². The van der Waals surface area contributed by atoms with Gasteiger partial charge in [0, 0.05) is 150 Å². The molecule has 18 rings (SSSR count). The first-order valence-electron chi connectivity index (χ1n) is 37.5. The van der Waals surface area contributed by atoms with E-state index in [0.717, 1.165) is 174 Å². The Hall–Kier alpha value is -9.27. The van der Waals surface area contributed by atoms with E-state index in [2.05, 4.69) is 85.7 Å². The Labute approximate surface area is 706 Å². The number of thiazole rings is 5. The number of aliphatic hydroxyl groups excluding tert-OH is 2. The number of alkyl halides is 4. The number of morpholine rings is 5. The number of oxazole rings is 4. The fourth-order valence-electron chi connectivity index (χ4n) is 10.9. The minimum atomic E-state index is -0.743. The molecule has 5 aliphatic rings. The Bertz CT molecular complexity index is 4940. The van der Waals surface area contributed by atoms with Crippen LogP contribution >= 0.6 is 72.6 Å². The predicted octanol–water partition coefficient (Wildman–Crippen LogP) is 14.1. The molecule has 5 fully saturated rings. The monoisotopic (exact) mass is 1800 g/mol. The summed E-state index contributed by atoms with van der Waals surface area (Å²) in [6.07, 6.45) is 12.2. The lowest BCUT2D eigenvalue weighted by atomic mass is 10.2. The van der Waals surface area contributed by atoms with Crippen LogP contribution in [0.3, 0.4) is 0 Å². The summed E-state index contributed by atoms with van der Waals surface area (Å²) in [4.78, 5) is 48.9. The Morgan fingerprint density at radius 1 is 0.500 bits per heavy atom. The predicted molar refractivity (Wildman–Crippen MR) is 453 cm³/mol. The Balaban J connectivity index is 0.000000148. The number of aromatic nitrogens is 9. The Kier molecular flexibility index (Phi) is 39.0. The molecule has 5 saturated heterocycles. The van der Waals surface area contributed by atoms with Crippen LogP contribution in [0.5, 0.6) is 28.1 Å². The van der Waals surface area contributed by atoms with Crippen molar-refractivity contribution in [1.29, 1.82) is 0 Å². The molecule has 4 N–H and O–H groups in total. The molecule has 0 aliphatic carbocycles. The molecule has 0 radical (unpaired) electrons. The second-order valence-corrected chi connectivity index (χ2v) is 31.0. The van der Waals surface area contributed by atoms with Crippen LogP contribution in [-0.4, -0.2) is 252 Å². The van der Waals surface area contributed by atoms with Crippen molar-refractivity contribution in [3.63, 3.8) is 0 Å². The highest BCUT2D eigenvalue weighted by molar-refractivity contribution is 9.11. The van der Waals surface area contributed by atoms with Gasteiger partial charge >= 0.3 is 0 Å². The molecule has 1 atom stereocenters. The zero-order valence-corrected chi connectivity index (χ0v) is 70.8. The lowest BCUT2D eigenvalue weighted by Crippen LogP contribution is -2.36. The van der Waals surface area contributed by atoms with Crippen molar-refractivity contribution < 1.29 is 93.2 Å². The lowest BCUT2D eigenvalue weighted by molar-refractivity contribution is 0.109. The summed E-state index contributed by atoms with van der Waals surface area (Å²) < 4.78 is 117. The van der Waals surface area contributed by atoms with Gasteiger partial charge in [0.2, 0.25) is 5.89 Å². The number of nitrogens with zero attached hydrogens (tertiary/aromatic N) is 13. The third-order valence-electron chi connectivity index (χ3n) is 16.4. The molecule has 0 saturated carbocycles. The molecule has 636 valence electrons. The molecule has 0 amide bonds. The van der Waals surface area contributed by atoms with Crippen LogP contribution < -0.4 is 43.9 Å². The van der Waals surface area contributed by atoms with Crippen LogP contribution in [0.1, 0.15) is 39.4 Å². The fourth-order valence-corrected chi connectivity index (χ4v) is 15.0. The third kappa shape index (κ3) is 30.5. The van der Waals surface area contributed by atoms with E-state index in [0.29, 0.717) is 81.9 Å². The van der Waals surface area contributed by atoms with E-state index in [9.17, 15) is 22.7 Å². The summed E-state index contributed by atoms with van der Waals surface area (Å²) in [5.74, 6) is 4.07. The van der Waals surface area contributed by atoms with Gasteiger partial charge in [0.15, 0.2) is 69.5 Å². The van der Waals surface area contributed by atoms with Gasteiger partial charge in [0.05, 0.1) is 103 Å². The van der Waals surface area contributed by atoms with E-state index in [4.69, 9.17) is 70.5 Å². The van der Waals surface area contributed by atoms with Gasteiger partial charge in [-0.3, -0.25) is 0 Å². The molecule has 1 unspecified atom stereocenters. The number of hydrogen-bond donors (Lipinski definition) is 4. The first-order valence-corrected chi connectivity index (χ1v) is 42.5. The van der Waals surface area contributed by atoms with Crippen molar-refractivity contribution in [2.75, 3.05) is 211 Å². The zero-order valence-electron chi connectivity index (χ0n) is 65.1. The number of halogens is 5. The number of methoxy groups -OCH3 is 1. The molecule has 14 heterocycles. The van der Waals surface area contributed by atoms with Gasteiger partial charge in [-0.25, -0.2) is 62.4 Å². The molecule has 30 nitrogen and oxygen atoms in total. The zero-order chi connectivity index (χ0) is 82.9. The van der Waals surface area contributed by atoms with Crippen LogP contribution in [0.2, 0.25) is 0 Å². The topological polar surface area (TPSA) is 337 Å². The maximum atomic E-state index is 12.2. The maximum absolute atomic E-state index is 12.2. The number of benzene rings is 4. The van der Waals surface area contributed by atoms with Crippen molar-refractivity contribution >= 4 is 150 Å². The van der Waals surface area contributed by atoms with Crippen molar-refractivity contribution in [2.45, 2.75) is 26.4 Å². The number of anilines is 4. The average Bonchev–Trinajstić information content (AvgIpc) is 1.68. The van der Waals surface area contributed by atoms with Crippen molar-refractivity contribution in [3.8, 4) is 28.1 Å². The van der Waals surface area contributed by atoms with Crippen LogP contribution in [0.4, 0.5) is 38.1 Å². The van der Waals surface area contributed by atoms with Gasteiger partial charge in [0.25, 0.3) is 0 Å². The van der Waals surface area contributed by atoms with Gasteiger partial charge in [-0.2, -0.15) is 0 Å². The molecule has 118 heavy (non-hydrogen) atoms. The lowest BCUT2D eigenvalue weighted by Gasteiger charge is -2.26. The second-order valence-electron chi connectivity index (χ2n) is 24.9. The number of phenolic OH excluding ortho intramolecular Hbond substituents is 1. The summed E-state index contributed by atoms with van der Waals surface area (Å²) in [5.41, 5.74) is 5.42. The number of fused-ring (bicyclic) bond motifs is 4. The standard InChI is InChI=1S/C18H20FN3O4S.C18H18FN3O3S.C10H10FNO2.C8H12N2O2S.C8H7NO2.C7H10N2OS.C4H9NO.C3H2BrNS.C2H5FO/c19-3-6-25-12-1-2-13-15(9-12)26-17(21-13)10-14(23)16-11-20-18(27-16)22-4-7-24-8-5-22;19-5-8-24-13-1-3-15-16(11-13)25-17(21-15)4-2-14-12-20-18(26-14)22-6-9-23-10-7-22;1-7-12-9-3-2-8(13-5-4-11)6-10(9)14-7;1-11-7-6-9-8(13-7)10-2-4-12-5-3-10;1-5-9-7-3-2-6(10)4-8(7)11-5;1-6-11-7(8-1)9-2-4-10-5-3-9;1-3-6-4-2-5-1;4-3-5-1-2-6-3;3-1-2-4/h1-2,9,11,14,23H,3-8,10H2;1-4,11-12H,5-10H2;2-3,6H,4-5H2,1H3;6H,2-5H2,1H3;2-4,10H,1H3;1,6H,2-5H2;5H,1-4H2;1-2H;4H,1-2H2/b;4-2+;;;;;;;. The van der Waals surface area contributed by atoms with Gasteiger partial charge in [0.1, 0.15) is 91.6 Å². The molecule has 0 bridgehead atoms. The number of hydrogen-bond acceptors (Lipinski definition) is 35. The van der Waals surface area contributed by atoms with Crippen molar-refractivity contribution in [1.82, 2.24) is 50.2 Å². The molecule has 0 spiro atoms. The van der Waals surface area contributed by atoms with Crippen LogP contribution in [0, 0.1) is 13.8 Å².